The Hall–Kier alpha value is -3.27. The number of rotatable bonds is 4. The standard InChI is InChI=1S/C19H18N4O6/c24-9-29-15-11(22-7-19(8-22)5-20-6-19)2-1-10-14(15)18(28)23(17(10)27)12-3-4-13(25)21-16(12)26/h1-2,9,12,20H,3-8H2,(H,21,25,26). The zero-order valence-corrected chi connectivity index (χ0v) is 15.4. The molecule has 0 bridgehead atoms. The molecule has 0 radical (unpaired) electrons. The van der Waals surface area contributed by atoms with Crippen molar-refractivity contribution in [3.8, 4) is 5.75 Å². The molecule has 1 atom stereocenters. The Morgan fingerprint density at radius 3 is 2.48 bits per heavy atom. The number of ether oxygens (including phenoxy) is 1. The minimum atomic E-state index is -1.07. The molecule has 1 unspecified atom stereocenters. The van der Waals surface area contributed by atoms with Crippen molar-refractivity contribution in [1.82, 2.24) is 15.5 Å². The second kappa shape index (κ2) is 6.11. The number of benzene rings is 1. The van der Waals surface area contributed by atoms with Gasteiger partial charge in [-0.1, -0.05) is 0 Å². The van der Waals surface area contributed by atoms with Crippen LogP contribution in [0, 0.1) is 5.41 Å². The average molecular weight is 398 g/mol. The number of carbonyl (C=O) groups is 5. The number of amides is 4. The molecule has 3 saturated heterocycles. The Balaban J connectivity index is 1.50. The van der Waals surface area contributed by atoms with Gasteiger partial charge in [0.2, 0.25) is 11.8 Å². The van der Waals surface area contributed by atoms with Crippen LogP contribution in [0.15, 0.2) is 12.1 Å². The van der Waals surface area contributed by atoms with Crippen LogP contribution in [0.1, 0.15) is 33.6 Å². The maximum absolute atomic E-state index is 13.1. The van der Waals surface area contributed by atoms with Crippen LogP contribution < -0.4 is 20.3 Å². The molecule has 29 heavy (non-hydrogen) atoms. The summed E-state index contributed by atoms with van der Waals surface area (Å²) in [6.07, 6.45) is 0.102. The monoisotopic (exact) mass is 398 g/mol. The molecular weight excluding hydrogens is 380 g/mol. The third kappa shape index (κ3) is 2.48. The maximum Gasteiger partial charge on any atom is 0.298 e. The van der Waals surface area contributed by atoms with Gasteiger partial charge in [0.1, 0.15) is 6.04 Å². The maximum atomic E-state index is 13.1. The molecule has 0 saturated carbocycles. The van der Waals surface area contributed by atoms with Crippen molar-refractivity contribution in [3.05, 3.63) is 23.3 Å². The summed E-state index contributed by atoms with van der Waals surface area (Å²) in [6, 6.07) is 2.12. The Morgan fingerprint density at radius 2 is 1.86 bits per heavy atom. The van der Waals surface area contributed by atoms with Crippen molar-refractivity contribution in [3.63, 3.8) is 0 Å². The third-order valence-electron chi connectivity index (χ3n) is 6.10. The molecule has 3 fully saturated rings. The number of hydrogen-bond acceptors (Lipinski definition) is 8. The van der Waals surface area contributed by atoms with E-state index in [-0.39, 0.29) is 41.6 Å². The molecule has 4 aliphatic heterocycles. The highest BCUT2D eigenvalue weighted by molar-refractivity contribution is 6.25. The smallest absolute Gasteiger partial charge is 0.298 e. The van der Waals surface area contributed by atoms with Crippen molar-refractivity contribution in [2.24, 2.45) is 5.41 Å². The van der Waals surface area contributed by atoms with E-state index in [2.05, 4.69) is 10.6 Å². The molecular formula is C19H18N4O6. The lowest BCUT2D eigenvalue weighted by molar-refractivity contribution is -0.136. The first-order valence-corrected chi connectivity index (χ1v) is 9.39. The van der Waals surface area contributed by atoms with Crippen LogP contribution in [-0.2, 0) is 14.4 Å². The van der Waals surface area contributed by atoms with Gasteiger partial charge in [-0.25, -0.2) is 0 Å². The molecule has 0 aliphatic carbocycles. The molecule has 5 rings (SSSR count). The summed E-state index contributed by atoms with van der Waals surface area (Å²) < 4.78 is 5.16. The lowest BCUT2D eigenvalue weighted by atomic mass is 9.74. The van der Waals surface area contributed by atoms with Gasteiger partial charge in [-0.2, -0.15) is 0 Å². The van der Waals surface area contributed by atoms with Crippen LogP contribution in [-0.4, -0.2) is 67.2 Å². The van der Waals surface area contributed by atoms with Gasteiger partial charge < -0.3 is 15.0 Å². The van der Waals surface area contributed by atoms with Crippen LogP contribution in [0.2, 0.25) is 0 Å². The summed E-state index contributed by atoms with van der Waals surface area (Å²) in [7, 11) is 0. The number of nitrogens with one attached hydrogen (secondary N) is 2. The van der Waals surface area contributed by atoms with Gasteiger partial charge in [0.05, 0.1) is 16.8 Å². The zero-order chi connectivity index (χ0) is 20.3. The topological polar surface area (TPSA) is 125 Å². The second-order valence-corrected chi connectivity index (χ2v) is 7.96. The van der Waals surface area contributed by atoms with Gasteiger partial charge in [-0.05, 0) is 18.6 Å². The molecule has 1 spiro atoms. The fraction of sp³-hybridized carbons (Fsp3) is 0.421. The molecule has 4 heterocycles. The lowest BCUT2D eigenvalue weighted by Crippen LogP contribution is -2.71. The Morgan fingerprint density at radius 1 is 1.10 bits per heavy atom. The first-order chi connectivity index (χ1) is 13.9. The largest absolute Gasteiger partial charge is 0.426 e. The van der Waals surface area contributed by atoms with Crippen molar-refractivity contribution >= 4 is 35.8 Å². The molecule has 4 amide bonds. The highest BCUT2D eigenvalue weighted by Gasteiger charge is 2.50. The number of piperidine rings is 1. The summed E-state index contributed by atoms with van der Waals surface area (Å²) in [6.45, 7) is 3.57. The van der Waals surface area contributed by atoms with Gasteiger partial charge in [-0.15, -0.1) is 0 Å². The van der Waals surface area contributed by atoms with E-state index in [0.29, 0.717) is 5.69 Å². The highest BCUT2D eigenvalue weighted by atomic mass is 16.5. The van der Waals surface area contributed by atoms with Crippen LogP contribution >= 0.6 is 0 Å². The van der Waals surface area contributed by atoms with Crippen molar-refractivity contribution in [2.45, 2.75) is 18.9 Å². The molecule has 150 valence electrons. The summed E-state index contributed by atoms with van der Waals surface area (Å²) in [5, 5.41) is 5.40. The predicted octanol–water partition coefficient (Wildman–Crippen LogP) is -0.967. The van der Waals surface area contributed by atoms with Crippen molar-refractivity contribution in [1.29, 1.82) is 0 Å². The summed E-state index contributed by atoms with van der Waals surface area (Å²) >= 11 is 0. The quantitative estimate of drug-likeness (QED) is 0.490. The average Bonchev–Trinajstić information content (AvgIpc) is 2.86. The fourth-order valence-electron chi connectivity index (χ4n) is 4.57. The van der Waals surface area contributed by atoms with Crippen LogP contribution in [0.4, 0.5) is 5.69 Å². The van der Waals surface area contributed by atoms with Crippen LogP contribution in [0.25, 0.3) is 0 Å². The van der Waals surface area contributed by atoms with Gasteiger partial charge in [0, 0.05) is 38.0 Å². The number of hydrogen-bond donors (Lipinski definition) is 2. The molecule has 0 aromatic heterocycles. The number of nitrogens with zero attached hydrogens (tertiary/aromatic N) is 2. The van der Waals surface area contributed by atoms with Crippen LogP contribution in [0.5, 0.6) is 5.75 Å². The Labute approximate surface area is 165 Å². The second-order valence-electron chi connectivity index (χ2n) is 7.96. The first kappa shape index (κ1) is 17.8. The molecule has 4 aliphatic rings. The molecule has 10 heteroatoms. The van der Waals surface area contributed by atoms with E-state index in [1.165, 1.54) is 6.07 Å². The van der Waals surface area contributed by atoms with E-state index >= 15 is 0 Å². The van der Waals surface area contributed by atoms with E-state index in [9.17, 15) is 24.0 Å². The number of carbonyl (C=O) groups excluding carboxylic acids is 5. The Kier molecular flexibility index (Phi) is 3.75. The fourth-order valence-corrected chi connectivity index (χ4v) is 4.57. The van der Waals surface area contributed by atoms with E-state index < -0.39 is 29.7 Å². The van der Waals surface area contributed by atoms with E-state index in [1.54, 1.807) is 6.07 Å². The molecule has 1 aromatic carbocycles. The van der Waals surface area contributed by atoms with Gasteiger partial charge in [-0.3, -0.25) is 34.2 Å². The number of anilines is 1. The van der Waals surface area contributed by atoms with Crippen molar-refractivity contribution < 1.29 is 28.7 Å². The molecule has 10 nitrogen and oxygen atoms in total. The van der Waals surface area contributed by atoms with E-state index in [1.807, 2.05) is 4.90 Å². The van der Waals surface area contributed by atoms with E-state index in [0.717, 1.165) is 31.1 Å². The zero-order valence-electron chi connectivity index (χ0n) is 15.4. The summed E-state index contributed by atoms with van der Waals surface area (Å²) in [5.74, 6) is -2.42. The summed E-state index contributed by atoms with van der Waals surface area (Å²) in [4.78, 5) is 63.6. The minimum Gasteiger partial charge on any atom is -0.426 e. The van der Waals surface area contributed by atoms with Gasteiger partial charge in [0.15, 0.2) is 5.75 Å². The normalized spacial score (nSPS) is 24.8. The highest BCUT2D eigenvalue weighted by Crippen LogP contribution is 2.45. The van der Waals surface area contributed by atoms with Crippen LogP contribution in [0.3, 0.4) is 0 Å². The molecule has 1 aromatic rings. The van der Waals surface area contributed by atoms with Crippen molar-refractivity contribution in [2.75, 3.05) is 31.1 Å². The third-order valence-corrected chi connectivity index (χ3v) is 6.10. The first-order valence-electron chi connectivity index (χ1n) is 9.39. The van der Waals surface area contributed by atoms with Gasteiger partial charge >= 0.3 is 0 Å². The summed E-state index contributed by atoms with van der Waals surface area (Å²) in [5.41, 5.74) is 0.841. The Bertz CT molecular complexity index is 977. The van der Waals surface area contributed by atoms with Gasteiger partial charge in [0.25, 0.3) is 18.3 Å². The lowest BCUT2D eigenvalue weighted by Gasteiger charge is -2.57. The predicted molar refractivity (Wildman–Crippen MR) is 97.3 cm³/mol. The minimum absolute atomic E-state index is 0.0167. The SMILES string of the molecule is O=COc1c(N2CC3(CNC3)C2)ccc2c1C(=O)N(C1CCC(=O)NC1=O)C2=O. The van der Waals surface area contributed by atoms with E-state index in [4.69, 9.17) is 4.74 Å². The number of fused-ring (bicyclic) bond motifs is 1. The number of imide groups is 2. The molecule has 2 N–H and O–H groups in total.